The number of likely N-dealkylation sites (tertiary alicyclic amines) is 1. The Bertz CT molecular complexity index is 1050. The number of amides is 2. The highest BCUT2D eigenvalue weighted by Gasteiger charge is 2.38. The van der Waals surface area contributed by atoms with E-state index in [1.165, 1.54) is 19.3 Å². The van der Waals surface area contributed by atoms with Crippen LogP contribution in [0.5, 0.6) is 0 Å². The van der Waals surface area contributed by atoms with Crippen LogP contribution in [-0.2, 0) is 13.1 Å². The lowest BCUT2D eigenvalue weighted by Crippen LogP contribution is -2.50. The monoisotopic (exact) mass is 476 g/mol. The van der Waals surface area contributed by atoms with E-state index in [4.69, 9.17) is 5.10 Å². The number of hydrogen-bond donors (Lipinski definition) is 2. The Morgan fingerprint density at radius 3 is 2.54 bits per heavy atom. The number of nitrogens with zero attached hydrogens (tertiary/aromatic N) is 5. The molecule has 1 aromatic carbocycles. The molecule has 0 spiro atoms. The van der Waals surface area contributed by atoms with Gasteiger partial charge in [-0.15, -0.1) is 0 Å². The number of carbonyl (C=O) groups excluding carboxylic acids is 1. The van der Waals surface area contributed by atoms with Gasteiger partial charge in [-0.3, -0.25) is 9.99 Å². The second-order valence-electron chi connectivity index (χ2n) is 10.7. The average molecular weight is 477 g/mol. The minimum absolute atomic E-state index is 0.114. The molecular weight excluding hydrogens is 440 g/mol. The quantitative estimate of drug-likeness (QED) is 0.684. The highest BCUT2D eigenvalue weighted by atomic mass is 16.3. The van der Waals surface area contributed by atoms with Gasteiger partial charge in [-0.2, -0.15) is 5.10 Å². The molecule has 1 atom stereocenters. The minimum Gasteiger partial charge on any atom is -0.372 e. The topological polar surface area (TPSA) is 84.3 Å². The maximum atomic E-state index is 12.8. The molecule has 0 saturated carbocycles. The second kappa shape index (κ2) is 9.95. The normalized spacial score (nSPS) is 22.0. The van der Waals surface area contributed by atoms with Gasteiger partial charge in [0.15, 0.2) is 0 Å². The summed E-state index contributed by atoms with van der Waals surface area (Å²) in [5, 5.41) is 20.7. The molecular formula is C27H36N6O2. The zero-order valence-corrected chi connectivity index (χ0v) is 20.8. The summed E-state index contributed by atoms with van der Waals surface area (Å²) in [5.41, 5.74) is 4.69. The van der Waals surface area contributed by atoms with Crippen molar-refractivity contribution >= 4 is 17.4 Å². The average Bonchev–Trinajstić information content (AvgIpc) is 3.31. The van der Waals surface area contributed by atoms with Gasteiger partial charge < -0.3 is 20.2 Å². The van der Waals surface area contributed by atoms with E-state index >= 15 is 0 Å². The number of carbonyl (C=O) groups is 1. The van der Waals surface area contributed by atoms with Crippen molar-refractivity contribution in [2.75, 3.05) is 31.5 Å². The van der Waals surface area contributed by atoms with Crippen LogP contribution in [0.25, 0.3) is 0 Å². The highest BCUT2D eigenvalue weighted by Crippen LogP contribution is 2.34. The number of hydrazone groups is 1. The first kappa shape index (κ1) is 23.8. The van der Waals surface area contributed by atoms with Crippen LogP contribution in [0, 0.1) is 5.41 Å². The predicted molar refractivity (Wildman–Crippen MR) is 137 cm³/mol. The Morgan fingerprint density at radius 1 is 1.06 bits per heavy atom. The summed E-state index contributed by atoms with van der Waals surface area (Å²) < 4.78 is 0. The fourth-order valence-corrected chi connectivity index (χ4v) is 5.24. The SMILES string of the molecule is CC1(C)CC(c2ccc(NC(=O)N3Cc4ccncc4C3)cc2)=NN(CCN2CCCCC2)C1O. The number of pyridine rings is 1. The third-order valence-corrected chi connectivity index (χ3v) is 7.43. The Hall–Kier alpha value is -2.97. The number of nitrogens with one attached hydrogen (secondary N) is 1. The Labute approximate surface area is 207 Å². The molecule has 0 aliphatic carbocycles. The first-order valence-corrected chi connectivity index (χ1v) is 12.7. The van der Waals surface area contributed by atoms with E-state index in [0.717, 1.165) is 54.3 Å². The van der Waals surface area contributed by atoms with Crippen molar-refractivity contribution in [2.45, 2.75) is 58.8 Å². The molecule has 0 bridgehead atoms. The van der Waals surface area contributed by atoms with E-state index in [-0.39, 0.29) is 11.4 Å². The summed E-state index contributed by atoms with van der Waals surface area (Å²) in [4.78, 5) is 21.2. The highest BCUT2D eigenvalue weighted by molar-refractivity contribution is 6.01. The van der Waals surface area contributed by atoms with Crippen LogP contribution in [0.2, 0.25) is 0 Å². The van der Waals surface area contributed by atoms with Crippen molar-refractivity contribution in [1.82, 2.24) is 19.8 Å². The van der Waals surface area contributed by atoms with Crippen LogP contribution >= 0.6 is 0 Å². The number of anilines is 1. The first-order valence-electron chi connectivity index (χ1n) is 12.7. The van der Waals surface area contributed by atoms with E-state index in [1.807, 2.05) is 41.5 Å². The number of urea groups is 1. The van der Waals surface area contributed by atoms with E-state index in [2.05, 4.69) is 29.0 Å². The molecule has 0 radical (unpaired) electrons. The molecule has 8 heteroatoms. The fraction of sp³-hybridized carbons (Fsp3) is 0.519. The molecule has 2 aromatic rings. The Kier molecular flexibility index (Phi) is 6.75. The summed E-state index contributed by atoms with van der Waals surface area (Å²) in [6, 6.07) is 9.72. The van der Waals surface area contributed by atoms with E-state index in [1.54, 1.807) is 11.1 Å². The largest absolute Gasteiger partial charge is 0.372 e. The first-order chi connectivity index (χ1) is 16.9. The third kappa shape index (κ3) is 5.33. The van der Waals surface area contributed by atoms with Gasteiger partial charge >= 0.3 is 6.03 Å². The van der Waals surface area contributed by atoms with E-state index < -0.39 is 6.23 Å². The summed E-state index contributed by atoms with van der Waals surface area (Å²) in [6.45, 7) is 9.28. The van der Waals surface area contributed by atoms with Crippen molar-refractivity contribution in [3.05, 3.63) is 59.4 Å². The molecule has 2 amide bonds. The molecule has 3 aliphatic rings. The van der Waals surface area contributed by atoms with Crippen LogP contribution in [-0.4, -0.2) is 69.0 Å². The van der Waals surface area contributed by atoms with Crippen LogP contribution in [0.3, 0.4) is 0 Å². The minimum atomic E-state index is -0.602. The van der Waals surface area contributed by atoms with Gasteiger partial charge in [0.2, 0.25) is 0 Å². The van der Waals surface area contributed by atoms with Gasteiger partial charge in [0, 0.05) is 49.6 Å². The number of aliphatic hydroxyl groups excluding tert-OH is 1. The maximum Gasteiger partial charge on any atom is 0.322 e. The number of fused-ring (bicyclic) bond motifs is 1. The van der Waals surface area contributed by atoms with Crippen molar-refractivity contribution < 1.29 is 9.90 Å². The van der Waals surface area contributed by atoms with Gasteiger partial charge in [-0.05, 0) is 60.8 Å². The molecule has 5 rings (SSSR count). The number of benzene rings is 1. The van der Waals surface area contributed by atoms with Gasteiger partial charge in [-0.1, -0.05) is 32.4 Å². The number of aromatic nitrogens is 1. The van der Waals surface area contributed by atoms with Crippen molar-refractivity contribution in [1.29, 1.82) is 0 Å². The summed E-state index contributed by atoms with van der Waals surface area (Å²) in [6.07, 6.45) is 7.52. The summed E-state index contributed by atoms with van der Waals surface area (Å²) in [5.74, 6) is 0. The van der Waals surface area contributed by atoms with E-state index in [0.29, 0.717) is 19.5 Å². The van der Waals surface area contributed by atoms with Crippen LogP contribution in [0.4, 0.5) is 10.5 Å². The van der Waals surface area contributed by atoms with Gasteiger partial charge in [0.25, 0.3) is 0 Å². The lowest BCUT2D eigenvalue weighted by molar-refractivity contribution is -0.0859. The van der Waals surface area contributed by atoms with Crippen molar-refractivity contribution in [3.8, 4) is 0 Å². The maximum absolute atomic E-state index is 12.8. The summed E-state index contributed by atoms with van der Waals surface area (Å²) in [7, 11) is 0. The van der Waals surface area contributed by atoms with Crippen LogP contribution in [0.15, 0.2) is 47.8 Å². The molecule has 1 aromatic heterocycles. The predicted octanol–water partition coefficient (Wildman–Crippen LogP) is 3.87. The van der Waals surface area contributed by atoms with Gasteiger partial charge in [0.1, 0.15) is 6.23 Å². The zero-order chi connectivity index (χ0) is 24.4. The van der Waals surface area contributed by atoms with Crippen LogP contribution in [0.1, 0.15) is 56.2 Å². The second-order valence-corrected chi connectivity index (χ2v) is 10.7. The number of hydrogen-bond acceptors (Lipinski definition) is 6. The number of aliphatic hydroxyl groups is 1. The van der Waals surface area contributed by atoms with Crippen molar-refractivity contribution in [2.24, 2.45) is 10.5 Å². The van der Waals surface area contributed by atoms with Crippen molar-refractivity contribution in [3.63, 3.8) is 0 Å². The molecule has 1 fully saturated rings. The molecule has 1 saturated heterocycles. The Balaban J connectivity index is 1.23. The molecule has 4 heterocycles. The molecule has 35 heavy (non-hydrogen) atoms. The standard InChI is InChI=1S/C27H36N6O2/c1-27(2)16-24(30-33(25(27)34)15-14-31-12-4-3-5-13-31)20-6-8-23(9-7-20)29-26(35)32-18-21-10-11-28-17-22(21)19-32/h6-11,17,25,34H,3-5,12-16,18-19H2,1-2H3,(H,29,35). The lowest BCUT2D eigenvalue weighted by Gasteiger charge is -2.42. The van der Waals surface area contributed by atoms with Gasteiger partial charge in [0.05, 0.1) is 12.3 Å². The number of piperidine rings is 1. The fourth-order valence-electron chi connectivity index (χ4n) is 5.24. The molecule has 186 valence electrons. The lowest BCUT2D eigenvalue weighted by atomic mass is 9.82. The summed E-state index contributed by atoms with van der Waals surface area (Å²) >= 11 is 0. The zero-order valence-electron chi connectivity index (χ0n) is 20.8. The molecule has 2 N–H and O–H groups in total. The van der Waals surface area contributed by atoms with Crippen LogP contribution < -0.4 is 5.32 Å². The van der Waals surface area contributed by atoms with E-state index in [9.17, 15) is 9.90 Å². The number of rotatable bonds is 5. The van der Waals surface area contributed by atoms with Gasteiger partial charge in [-0.25, -0.2) is 4.79 Å². The third-order valence-electron chi connectivity index (χ3n) is 7.43. The molecule has 3 aliphatic heterocycles. The smallest absolute Gasteiger partial charge is 0.322 e. The Morgan fingerprint density at radius 2 is 1.80 bits per heavy atom. The molecule has 1 unspecified atom stereocenters. The molecule has 8 nitrogen and oxygen atoms in total.